The van der Waals surface area contributed by atoms with Crippen molar-refractivity contribution in [3.63, 3.8) is 0 Å². The van der Waals surface area contributed by atoms with Crippen LogP contribution in [-0.4, -0.2) is 65.4 Å². The van der Waals surface area contributed by atoms with Gasteiger partial charge in [0.05, 0.1) is 19.6 Å². The Balaban J connectivity index is 2.99. The van der Waals surface area contributed by atoms with Gasteiger partial charge in [-0.05, 0) is 88.5 Å². The van der Waals surface area contributed by atoms with Crippen molar-refractivity contribution in [3.05, 3.63) is 42.0 Å². The van der Waals surface area contributed by atoms with Crippen LogP contribution in [0.4, 0.5) is 0 Å². The van der Waals surface area contributed by atoms with Crippen LogP contribution in [0.1, 0.15) is 137 Å². The molecule has 0 aliphatic heterocycles. The lowest BCUT2D eigenvalue weighted by Gasteiger charge is -2.34. The van der Waals surface area contributed by atoms with E-state index in [9.17, 15) is 19.5 Å². The summed E-state index contributed by atoms with van der Waals surface area (Å²) in [5, 5.41) is 14.7. The zero-order chi connectivity index (χ0) is 36.5. The van der Waals surface area contributed by atoms with E-state index in [1.54, 1.807) is 26.8 Å². The number of ether oxygens (including phenoxy) is 3. The van der Waals surface area contributed by atoms with Crippen molar-refractivity contribution in [1.29, 1.82) is 0 Å². The van der Waals surface area contributed by atoms with E-state index >= 15 is 0 Å². The van der Waals surface area contributed by atoms with Crippen LogP contribution in [0.3, 0.4) is 0 Å². The molecule has 0 fully saturated rings. The normalized spacial score (nSPS) is 14.2. The lowest BCUT2D eigenvalue weighted by atomic mass is 9.81. The van der Waals surface area contributed by atoms with Crippen molar-refractivity contribution < 1.29 is 33.7 Å². The van der Waals surface area contributed by atoms with E-state index < -0.39 is 41.0 Å². The molecule has 0 spiro atoms. The Hall–Kier alpha value is -2.52. The monoisotopic (exact) mass is 705 g/mol. The number of thioether (sulfide) groups is 1. The highest BCUT2D eigenvalue weighted by molar-refractivity contribution is 7.99. The number of allylic oxidation sites excluding steroid dienone is 1. The van der Waals surface area contributed by atoms with E-state index in [0.29, 0.717) is 19.4 Å². The molecule has 1 rings (SSSR count). The number of aliphatic hydroxyl groups is 1. The number of unbranched alkanes of at least 4 members (excludes halogenated alkanes) is 9. The number of esters is 2. The SMILES string of the molecule is CCCCCCCSCCCCCC/C=C/[C@H](C(=O)N[C@@H](Cc1ccc(OCCCC)cc1)C(=O)OC)[C@@](O)(CCC)C(=O)OC(C)(C)C. The molecule has 49 heavy (non-hydrogen) atoms. The van der Waals surface area contributed by atoms with Crippen LogP contribution in [-0.2, 0) is 30.3 Å². The molecule has 0 unspecified atom stereocenters. The first-order valence-corrected chi connectivity index (χ1v) is 19.9. The number of carbonyl (C=O) groups excluding carboxylic acids is 3. The largest absolute Gasteiger partial charge is 0.494 e. The summed E-state index contributed by atoms with van der Waals surface area (Å²) in [6, 6.07) is 6.34. The van der Waals surface area contributed by atoms with E-state index in [1.165, 1.54) is 57.1 Å². The molecule has 1 aromatic carbocycles. The van der Waals surface area contributed by atoms with Gasteiger partial charge in [-0.3, -0.25) is 4.79 Å². The number of hydrogen-bond donors (Lipinski definition) is 2. The molecule has 0 aromatic heterocycles. The highest BCUT2D eigenvalue weighted by Crippen LogP contribution is 2.30. The summed E-state index contributed by atoms with van der Waals surface area (Å²) in [6.07, 6.45) is 17.7. The summed E-state index contributed by atoms with van der Waals surface area (Å²) in [4.78, 5) is 40.3. The molecule has 1 aromatic rings. The van der Waals surface area contributed by atoms with Gasteiger partial charge in [-0.1, -0.05) is 96.4 Å². The zero-order valence-corrected chi connectivity index (χ0v) is 32.5. The van der Waals surface area contributed by atoms with Crippen molar-refractivity contribution in [2.75, 3.05) is 25.2 Å². The second kappa shape index (κ2) is 25.4. The van der Waals surface area contributed by atoms with E-state index in [1.807, 2.05) is 49.0 Å². The quantitative estimate of drug-likeness (QED) is 0.0531. The molecule has 0 heterocycles. The molecule has 0 saturated heterocycles. The fraction of sp³-hybridized carbons (Fsp3) is 0.725. The molecular weight excluding hydrogens is 639 g/mol. The summed E-state index contributed by atoms with van der Waals surface area (Å²) < 4.78 is 16.4. The van der Waals surface area contributed by atoms with Crippen molar-refractivity contribution in [1.82, 2.24) is 5.32 Å². The predicted octanol–water partition coefficient (Wildman–Crippen LogP) is 8.77. The third-order valence-electron chi connectivity index (χ3n) is 8.24. The van der Waals surface area contributed by atoms with Crippen molar-refractivity contribution in [3.8, 4) is 5.75 Å². The van der Waals surface area contributed by atoms with Crippen molar-refractivity contribution in [2.45, 2.75) is 155 Å². The topological polar surface area (TPSA) is 111 Å². The molecule has 0 radical (unpaired) electrons. The summed E-state index contributed by atoms with van der Waals surface area (Å²) in [6.45, 7) is 12.0. The average Bonchev–Trinajstić information content (AvgIpc) is 3.06. The predicted molar refractivity (Wildman–Crippen MR) is 202 cm³/mol. The Morgan fingerprint density at radius 2 is 1.47 bits per heavy atom. The van der Waals surface area contributed by atoms with Gasteiger partial charge in [0.2, 0.25) is 5.91 Å². The Morgan fingerprint density at radius 1 is 0.857 bits per heavy atom. The lowest BCUT2D eigenvalue weighted by Crippen LogP contribution is -2.56. The Bertz CT molecular complexity index is 1090. The zero-order valence-electron chi connectivity index (χ0n) is 31.7. The molecule has 2 N–H and O–H groups in total. The molecule has 8 nitrogen and oxygen atoms in total. The van der Waals surface area contributed by atoms with Gasteiger partial charge in [0, 0.05) is 6.42 Å². The van der Waals surface area contributed by atoms with Crippen LogP contribution >= 0.6 is 11.8 Å². The number of nitrogens with one attached hydrogen (secondary N) is 1. The number of benzene rings is 1. The number of carbonyl (C=O) groups is 3. The van der Waals surface area contributed by atoms with Gasteiger partial charge < -0.3 is 24.6 Å². The fourth-order valence-corrected chi connectivity index (χ4v) is 6.47. The second-order valence-electron chi connectivity index (χ2n) is 13.9. The maximum absolute atomic E-state index is 14.0. The molecule has 0 saturated carbocycles. The Labute approximate surface area is 301 Å². The Morgan fingerprint density at radius 3 is 2.04 bits per heavy atom. The van der Waals surface area contributed by atoms with E-state index in [-0.39, 0.29) is 12.8 Å². The molecule has 0 aliphatic rings. The maximum Gasteiger partial charge on any atom is 0.339 e. The molecule has 9 heteroatoms. The van der Waals surface area contributed by atoms with E-state index in [2.05, 4.69) is 19.2 Å². The minimum atomic E-state index is -2.12. The maximum atomic E-state index is 14.0. The summed E-state index contributed by atoms with van der Waals surface area (Å²) in [5.41, 5.74) is -2.18. The van der Waals surface area contributed by atoms with Crippen LogP contribution in [0.2, 0.25) is 0 Å². The van der Waals surface area contributed by atoms with Gasteiger partial charge in [0.25, 0.3) is 0 Å². The number of methoxy groups -OCH3 is 1. The lowest BCUT2D eigenvalue weighted by molar-refractivity contribution is -0.184. The van der Waals surface area contributed by atoms with Crippen molar-refractivity contribution in [2.24, 2.45) is 5.92 Å². The molecule has 280 valence electrons. The van der Waals surface area contributed by atoms with E-state index in [0.717, 1.165) is 43.4 Å². The Kier molecular flexibility index (Phi) is 23.1. The molecular formula is C40H67NO7S. The van der Waals surface area contributed by atoms with Gasteiger partial charge in [0.1, 0.15) is 17.4 Å². The van der Waals surface area contributed by atoms with Crippen LogP contribution in [0, 0.1) is 5.92 Å². The summed E-state index contributed by atoms with van der Waals surface area (Å²) in [5.74, 6) is -0.226. The fourth-order valence-electron chi connectivity index (χ4n) is 5.45. The van der Waals surface area contributed by atoms with Crippen molar-refractivity contribution >= 4 is 29.6 Å². The van der Waals surface area contributed by atoms with Crippen LogP contribution in [0.5, 0.6) is 5.75 Å². The molecule has 3 atom stereocenters. The molecule has 0 bridgehead atoms. The number of amides is 1. The summed E-state index contributed by atoms with van der Waals surface area (Å²) >= 11 is 2.04. The number of hydrogen-bond acceptors (Lipinski definition) is 8. The smallest absolute Gasteiger partial charge is 0.339 e. The van der Waals surface area contributed by atoms with Crippen LogP contribution in [0.15, 0.2) is 36.4 Å². The van der Waals surface area contributed by atoms with Gasteiger partial charge in [-0.15, -0.1) is 0 Å². The highest BCUT2D eigenvalue weighted by Gasteiger charge is 2.49. The first-order chi connectivity index (χ1) is 23.4. The van der Waals surface area contributed by atoms with Crippen LogP contribution in [0.25, 0.3) is 0 Å². The second-order valence-corrected chi connectivity index (χ2v) is 15.2. The third-order valence-corrected chi connectivity index (χ3v) is 9.40. The standard InChI is InChI=1S/C40H67NO7S/c1-8-11-13-17-20-29-49-30-21-18-15-14-16-19-22-34(40(45,27-10-3)38(44)48-39(4,5)6)36(42)41-35(37(43)46-7)31-32-23-25-33(26-24-32)47-28-12-9-2/h19,22-26,34-35,45H,8-18,20-21,27-31H2,1-7H3,(H,41,42)/b22-19+/t34-,35+,40+/m1/s1. The minimum absolute atomic E-state index is 0.0169. The molecule has 0 aliphatic carbocycles. The molecule has 1 amide bonds. The van der Waals surface area contributed by atoms with Gasteiger partial charge >= 0.3 is 11.9 Å². The number of rotatable bonds is 27. The first kappa shape index (κ1) is 44.5. The van der Waals surface area contributed by atoms with Gasteiger partial charge in [-0.25, -0.2) is 9.59 Å². The van der Waals surface area contributed by atoms with Gasteiger partial charge in [0.15, 0.2) is 5.60 Å². The van der Waals surface area contributed by atoms with Crippen LogP contribution < -0.4 is 10.1 Å². The van der Waals surface area contributed by atoms with E-state index in [4.69, 9.17) is 14.2 Å². The highest BCUT2D eigenvalue weighted by atomic mass is 32.2. The third kappa shape index (κ3) is 18.9. The minimum Gasteiger partial charge on any atom is -0.494 e. The average molecular weight is 706 g/mol. The first-order valence-electron chi connectivity index (χ1n) is 18.7. The summed E-state index contributed by atoms with van der Waals surface area (Å²) in [7, 11) is 1.27. The van der Waals surface area contributed by atoms with Gasteiger partial charge in [-0.2, -0.15) is 11.8 Å².